The lowest BCUT2D eigenvalue weighted by molar-refractivity contribution is -0.495. The van der Waals surface area contributed by atoms with Crippen LogP contribution in [0.2, 0.25) is 0 Å². The molecule has 8 nitrogen and oxygen atoms in total. The summed E-state index contributed by atoms with van der Waals surface area (Å²) < 4.78 is 557. The summed E-state index contributed by atoms with van der Waals surface area (Å²) in [6.07, 6.45) is -8.24. The van der Waals surface area contributed by atoms with E-state index in [1.165, 1.54) is 0 Å². The Hall–Kier alpha value is -5.81. The summed E-state index contributed by atoms with van der Waals surface area (Å²) in [7, 11) is 0. The van der Waals surface area contributed by atoms with Gasteiger partial charge in [0.1, 0.15) is 0 Å². The number of rotatable bonds is 23. The van der Waals surface area contributed by atoms with Crippen LogP contribution in [0.5, 0.6) is 0 Å². The van der Waals surface area contributed by atoms with Gasteiger partial charge in [0.2, 0.25) is 12.2 Å². The molecule has 1 N–H and O–H groups in total. The zero-order valence-corrected chi connectivity index (χ0v) is 35.5. The second kappa shape index (κ2) is 19.4. The predicted molar refractivity (Wildman–Crippen MR) is 165 cm³/mol. The van der Waals surface area contributed by atoms with Crippen molar-refractivity contribution in [1.82, 2.24) is 5.32 Å². The lowest BCUT2D eigenvalue weighted by Gasteiger charge is -2.47. The smallest absolute Gasteiger partial charge is 0.445 e. The van der Waals surface area contributed by atoms with Crippen molar-refractivity contribution in [2.75, 3.05) is 6.73 Å². The summed E-state index contributed by atoms with van der Waals surface area (Å²) in [5.41, 5.74) is -12.5. The van der Waals surface area contributed by atoms with Crippen molar-refractivity contribution in [3.05, 3.63) is 22.8 Å². The molecule has 0 bridgehead atoms. The van der Waals surface area contributed by atoms with E-state index >= 15 is 26.3 Å². The van der Waals surface area contributed by atoms with Crippen LogP contribution < -0.4 is 5.32 Å². The maximum absolute atomic E-state index is 15.7. The van der Waals surface area contributed by atoms with Gasteiger partial charge >= 0.3 is 119 Å². The highest BCUT2D eigenvalue weighted by Gasteiger charge is 3.03. The minimum atomic E-state index is -10.7. The normalized spacial score (nSPS) is 15.6. The van der Waals surface area contributed by atoms with Gasteiger partial charge in [0.05, 0.1) is 22.5 Å². The molecular formula is C32H10F39N3O5. The van der Waals surface area contributed by atoms with E-state index in [-0.39, 0.29) is 12.2 Å². The van der Waals surface area contributed by atoms with Gasteiger partial charge in [0.25, 0.3) is 5.91 Å². The van der Waals surface area contributed by atoms with Crippen molar-refractivity contribution in [3.63, 3.8) is 0 Å². The largest absolute Gasteiger partial charge is 0.460 e. The number of carbonyl (C=O) groups excluding carboxylic acids is 4. The number of esters is 1. The van der Waals surface area contributed by atoms with Crippen LogP contribution in [0.1, 0.15) is 28.4 Å². The van der Waals surface area contributed by atoms with E-state index in [0.29, 0.717) is 13.8 Å². The molecule has 1 rings (SSSR count). The van der Waals surface area contributed by atoms with E-state index in [2.05, 4.69) is 14.7 Å². The van der Waals surface area contributed by atoms with Crippen LogP contribution in [0.3, 0.4) is 0 Å². The Morgan fingerprint density at radius 1 is 0.418 bits per heavy atom. The van der Waals surface area contributed by atoms with Gasteiger partial charge < -0.3 is 10.1 Å². The van der Waals surface area contributed by atoms with E-state index in [1.54, 1.807) is 0 Å². The molecule has 0 aliphatic rings. The van der Waals surface area contributed by atoms with Crippen molar-refractivity contribution in [1.29, 1.82) is 0 Å². The first kappa shape index (κ1) is 71.2. The molecule has 0 spiro atoms. The molecule has 0 heterocycles. The number of hydrogen-bond acceptors (Lipinski definition) is 7. The number of isocyanates is 2. The molecule has 0 aliphatic carbocycles. The number of halogens is 39. The Morgan fingerprint density at radius 3 is 0.886 bits per heavy atom. The second-order valence-electron chi connectivity index (χ2n) is 14.8. The van der Waals surface area contributed by atoms with Crippen LogP contribution in [0, 0.1) is 6.92 Å². The first-order valence-corrected chi connectivity index (χ1v) is 17.8. The van der Waals surface area contributed by atoms with Gasteiger partial charge in [-0.05, 0) is 18.6 Å². The van der Waals surface area contributed by atoms with Crippen molar-refractivity contribution in [2.24, 2.45) is 9.98 Å². The summed E-state index contributed by atoms with van der Waals surface area (Å²) in [5.74, 6) is -186. The minimum absolute atomic E-state index is 0.0420. The summed E-state index contributed by atoms with van der Waals surface area (Å²) >= 11 is 0. The minimum Gasteiger partial charge on any atom is -0.445 e. The molecule has 79 heavy (non-hydrogen) atoms. The Morgan fingerprint density at radius 2 is 0.658 bits per heavy atom. The second-order valence-corrected chi connectivity index (χ2v) is 14.8. The number of benzene rings is 1. The summed E-state index contributed by atoms with van der Waals surface area (Å²) in [5, 5.41) is 1.00. The van der Waals surface area contributed by atoms with Crippen LogP contribution in [-0.2, 0) is 25.0 Å². The zero-order chi connectivity index (χ0) is 64.2. The first-order chi connectivity index (χ1) is 34.1. The van der Waals surface area contributed by atoms with Crippen molar-refractivity contribution in [3.8, 4) is 0 Å². The predicted octanol–water partition coefficient (Wildman–Crippen LogP) is 13.6. The van der Waals surface area contributed by atoms with E-state index in [9.17, 15) is 164 Å². The van der Waals surface area contributed by atoms with Crippen LogP contribution in [0.4, 0.5) is 183 Å². The SMILES string of the molecule is CC(=O)OCNC(=O)c1c(N=C=O)c(C)cc(N=C=O)c1C(F)(F)C(F)(F)C(F)(F)C(F)(F)C(F)(F)C(F)(F)C(F)(F)C(F)(F)C(F)(F)C(F)(F)C(F)(F)C(F)(F)C(F)(F)C(F)(F)C(F)(F)C(F)(F)C(F)(F)C(F)(F)C(F)(F)F. The number of carbonyl (C=O) groups is 2. The van der Waals surface area contributed by atoms with E-state index < -0.39 is 166 Å². The fraction of sp³-hybridized carbons (Fsp3) is 0.688. The molecule has 0 aliphatic heterocycles. The lowest BCUT2D eigenvalue weighted by atomic mass is 9.81. The summed E-state index contributed by atoms with van der Waals surface area (Å²) in [6, 6.07) is -0.478. The fourth-order valence-electron chi connectivity index (χ4n) is 5.44. The van der Waals surface area contributed by atoms with E-state index in [0.717, 1.165) is 5.32 Å². The number of aryl methyl sites for hydroxylation is 1. The molecule has 1 aromatic carbocycles. The zero-order valence-electron chi connectivity index (χ0n) is 35.5. The molecule has 0 atom stereocenters. The van der Waals surface area contributed by atoms with Gasteiger partial charge in [-0.2, -0.15) is 181 Å². The fourth-order valence-corrected chi connectivity index (χ4v) is 5.44. The van der Waals surface area contributed by atoms with Gasteiger partial charge in [0.15, 0.2) is 6.73 Å². The van der Waals surface area contributed by atoms with E-state index in [1.807, 2.05) is 0 Å². The lowest BCUT2D eigenvalue weighted by Crippen LogP contribution is -2.80. The van der Waals surface area contributed by atoms with Crippen LogP contribution in [-0.4, -0.2) is 138 Å². The molecule has 0 fully saturated rings. The maximum atomic E-state index is 15.7. The number of nitrogens with zero attached hydrogens (tertiary/aromatic N) is 2. The molecular weight excluding hydrogens is 1250 g/mol. The number of ether oxygens (including phenoxy) is 1. The van der Waals surface area contributed by atoms with Crippen LogP contribution in [0.15, 0.2) is 16.1 Å². The maximum Gasteiger partial charge on any atom is 0.460 e. The van der Waals surface area contributed by atoms with Gasteiger partial charge in [0, 0.05) is 6.92 Å². The molecule has 0 saturated carbocycles. The van der Waals surface area contributed by atoms with Crippen molar-refractivity contribution in [2.45, 2.75) is 127 Å². The van der Waals surface area contributed by atoms with E-state index in [4.69, 9.17) is 0 Å². The highest BCUT2D eigenvalue weighted by atomic mass is 19.4. The Bertz CT molecular complexity index is 2610. The number of nitrogens with one attached hydrogen (secondary N) is 1. The Balaban J connectivity index is 4.37. The molecule has 1 aromatic rings. The average Bonchev–Trinajstić information content (AvgIpc) is 3.25. The number of amides is 1. The number of aliphatic imine (C=N–C) groups is 2. The third-order valence-corrected chi connectivity index (χ3v) is 9.90. The monoisotopic (exact) mass is 1260 g/mol. The van der Waals surface area contributed by atoms with Gasteiger partial charge in [-0.1, -0.05) is 0 Å². The number of hydrogen-bond donors (Lipinski definition) is 1. The molecule has 0 saturated heterocycles. The molecule has 47 heteroatoms. The molecule has 1 amide bonds. The van der Waals surface area contributed by atoms with Crippen LogP contribution >= 0.6 is 0 Å². The molecule has 0 unspecified atom stereocenters. The highest BCUT2D eigenvalue weighted by molar-refractivity contribution is 6.03. The van der Waals surface area contributed by atoms with Crippen molar-refractivity contribution < 1.29 is 195 Å². The number of alkyl halides is 39. The highest BCUT2D eigenvalue weighted by Crippen LogP contribution is 2.71. The third-order valence-electron chi connectivity index (χ3n) is 9.90. The van der Waals surface area contributed by atoms with Gasteiger partial charge in [-0.3, -0.25) is 9.59 Å². The summed E-state index contributed by atoms with van der Waals surface area (Å²) in [6.45, 7) is -1.05. The van der Waals surface area contributed by atoms with Crippen molar-refractivity contribution >= 4 is 35.4 Å². The molecule has 0 radical (unpaired) electrons. The quantitative estimate of drug-likeness (QED) is 0.0385. The standard InChI is InChI=1S/C32H10F39N3O5/c1-7-3-9(72-4-75)11(10(12(7)73-5-76)13(78)74-6-79-8(2)77)14(33,34)15(35,36)16(37,38)17(39,40)18(41,42)19(43,44)20(45,46)21(47,48)22(49,50)23(51,52)24(53,54)25(55,56)26(57,58)27(59,60)28(61,62)29(63,64)30(65,66)31(67,68)32(69,70)71/h3H,6H2,1-2H3,(H,74,78). The van der Waals surface area contributed by atoms with Crippen LogP contribution in [0.25, 0.3) is 0 Å². The molecule has 0 aromatic heterocycles. The molecule has 456 valence electrons. The first-order valence-electron chi connectivity index (χ1n) is 17.8. The van der Waals surface area contributed by atoms with Gasteiger partial charge in [-0.15, -0.1) is 0 Å². The average molecular weight is 1260 g/mol. The summed E-state index contributed by atoms with van der Waals surface area (Å²) in [4.78, 5) is 50.0. The topological polar surface area (TPSA) is 114 Å². The Kier molecular flexibility index (Phi) is 17.5. The van der Waals surface area contributed by atoms with Gasteiger partial charge in [-0.25, -0.2) is 9.59 Å². The third kappa shape index (κ3) is 9.05. The Labute approximate surface area is 402 Å².